The van der Waals surface area contributed by atoms with E-state index in [4.69, 9.17) is 14.2 Å². The molecule has 24 heavy (non-hydrogen) atoms. The summed E-state index contributed by atoms with van der Waals surface area (Å²) in [5.74, 6) is 1.38. The van der Waals surface area contributed by atoms with Gasteiger partial charge in [0.05, 0.1) is 26.9 Å². The molecule has 1 unspecified atom stereocenters. The maximum atomic E-state index is 12.0. The third kappa shape index (κ3) is 4.99. The number of benzene rings is 2. The molecule has 0 fully saturated rings. The van der Waals surface area contributed by atoms with Crippen LogP contribution in [0.4, 0.5) is 0 Å². The van der Waals surface area contributed by atoms with E-state index >= 15 is 0 Å². The van der Waals surface area contributed by atoms with Gasteiger partial charge < -0.3 is 19.5 Å². The summed E-state index contributed by atoms with van der Waals surface area (Å²) in [4.78, 5) is 12.0. The second-order valence-electron chi connectivity index (χ2n) is 5.37. The monoisotopic (exact) mass is 329 g/mol. The van der Waals surface area contributed by atoms with Crippen molar-refractivity contribution in [1.29, 1.82) is 0 Å². The van der Waals surface area contributed by atoms with Crippen molar-refractivity contribution in [3.8, 4) is 11.5 Å². The van der Waals surface area contributed by atoms with Gasteiger partial charge in [0.25, 0.3) is 0 Å². The molecule has 2 aromatic rings. The standard InChI is InChI=1S/C19H23NO4/c1-14(17-6-4-5-7-18(17)23-3)20-19(21)13-24-12-15-8-10-16(22-2)11-9-15/h4-11,14H,12-13H2,1-3H3,(H,20,21). The van der Waals surface area contributed by atoms with Gasteiger partial charge in [-0.2, -0.15) is 0 Å². The molecule has 0 bridgehead atoms. The van der Waals surface area contributed by atoms with E-state index in [-0.39, 0.29) is 18.6 Å². The number of ether oxygens (including phenoxy) is 3. The molecular weight excluding hydrogens is 306 g/mol. The van der Waals surface area contributed by atoms with Crippen molar-refractivity contribution >= 4 is 5.91 Å². The number of para-hydroxylation sites is 1. The molecule has 0 spiro atoms. The number of hydrogen-bond donors (Lipinski definition) is 1. The van der Waals surface area contributed by atoms with E-state index in [0.29, 0.717) is 6.61 Å². The van der Waals surface area contributed by atoms with Crippen molar-refractivity contribution in [3.05, 3.63) is 59.7 Å². The minimum absolute atomic E-state index is 0.00547. The van der Waals surface area contributed by atoms with Gasteiger partial charge in [0.2, 0.25) is 5.91 Å². The quantitative estimate of drug-likeness (QED) is 0.808. The lowest BCUT2D eigenvalue weighted by Crippen LogP contribution is -2.30. The Morgan fingerprint density at radius 3 is 2.42 bits per heavy atom. The predicted octanol–water partition coefficient (Wildman–Crippen LogP) is 3.10. The highest BCUT2D eigenvalue weighted by Crippen LogP contribution is 2.24. The van der Waals surface area contributed by atoms with Crippen LogP contribution in [0.25, 0.3) is 0 Å². The summed E-state index contributed by atoms with van der Waals surface area (Å²) in [7, 11) is 3.24. The number of carbonyl (C=O) groups excluding carboxylic acids is 1. The average molecular weight is 329 g/mol. The molecule has 0 saturated heterocycles. The van der Waals surface area contributed by atoms with Crippen LogP contribution in [0.5, 0.6) is 11.5 Å². The molecule has 5 nitrogen and oxygen atoms in total. The highest BCUT2D eigenvalue weighted by molar-refractivity contribution is 5.77. The molecule has 1 N–H and O–H groups in total. The van der Waals surface area contributed by atoms with Crippen LogP contribution in [0, 0.1) is 0 Å². The first-order valence-corrected chi connectivity index (χ1v) is 7.77. The van der Waals surface area contributed by atoms with Crippen LogP contribution < -0.4 is 14.8 Å². The van der Waals surface area contributed by atoms with Gasteiger partial charge in [-0.25, -0.2) is 0 Å². The second-order valence-corrected chi connectivity index (χ2v) is 5.37. The fraction of sp³-hybridized carbons (Fsp3) is 0.316. The highest BCUT2D eigenvalue weighted by atomic mass is 16.5. The van der Waals surface area contributed by atoms with Crippen molar-refractivity contribution in [2.24, 2.45) is 0 Å². The summed E-state index contributed by atoms with van der Waals surface area (Å²) in [6.07, 6.45) is 0. The van der Waals surface area contributed by atoms with Crippen LogP contribution >= 0.6 is 0 Å². The fourth-order valence-corrected chi connectivity index (χ4v) is 2.37. The Morgan fingerprint density at radius 2 is 1.75 bits per heavy atom. The smallest absolute Gasteiger partial charge is 0.246 e. The number of methoxy groups -OCH3 is 2. The van der Waals surface area contributed by atoms with Gasteiger partial charge in [-0.3, -0.25) is 4.79 Å². The molecule has 2 aromatic carbocycles. The second kappa shape index (κ2) is 8.93. The summed E-state index contributed by atoms with van der Waals surface area (Å²) in [6.45, 7) is 2.30. The van der Waals surface area contributed by atoms with E-state index < -0.39 is 0 Å². The first kappa shape index (κ1) is 17.8. The molecule has 0 aromatic heterocycles. The molecule has 128 valence electrons. The maximum absolute atomic E-state index is 12.0. The van der Waals surface area contributed by atoms with Gasteiger partial charge in [0.1, 0.15) is 18.1 Å². The van der Waals surface area contributed by atoms with E-state index in [2.05, 4.69) is 5.32 Å². The molecule has 1 amide bonds. The van der Waals surface area contributed by atoms with Crippen molar-refractivity contribution in [2.75, 3.05) is 20.8 Å². The van der Waals surface area contributed by atoms with E-state index in [1.165, 1.54) is 0 Å². The molecule has 0 aliphatic rings. The third-order valence-corrected chi connectivity index (χ3v) is 3.64. The van der Waals surface area contributed by atoms with Crippen LogP contribution in [0.15, 0.2) is 48.5 Å². The van der Waals surface area contributed by atoms with Crippen molar-refractivity contribution in [2.45, 2.75) is 19.6 Å². The minimum Gasteiger partial charge on any atom is -0.497 e. The summed E-state index contributed by atoms with van der Waals surface area (Å²) < 4.78 is 15.9. The van der Waals surface area contributed by atoms with Crippen LogP contribution in [0.3, 0.4) is 0 Å². The van der Waals surface area contributed by atoms with Gasteiger partial charge in [-0.15, -0.1) is 0 Å². The predicted molar refractivity (Wildman–Crippen MR) is 92.2 cm³/mol. The van der Waals surface area contributed by atoms with Crippen LogP contribution in [0.1, 0.15) is 24.1 Å². The Bertz CT molecular complexity index is 655. The molecule has 0 aliphatic heterocycles. The summed E-state index contributed by atoms with van der Waals surface area (Å²) >= 11 is 0. The summed E-state index contributed by atoms with van der Waals surface area (Å²) in [6, 6.07) is 15.0. The number of carbonyl (C=O) groups is 1. The lowest BCUT2D eigenvalue weighted by atomic mass is 10.1. The molecule has 0 radical (unpaired) electrons. The largest absolute Gasteiger partial charge is 0.497 e. The van der Waals surface area contributed by atoms with Gasteiger partial charge in [-0.05, 0) is 30.7 Å². The van der Waals surface area contributed by atoms with E-state index in [9.17, 15) is 4.79 Å². The molecule has 5 heteroatoms. The molecule has 2 rings (SSSR count). The van der Waals surface area contributed by atoms with Gasteiger partial charge in [0, 0.05) is 5.56 Å². The molecule has 1 atom stereocenters. The van der Waals surface area contributed by atoms with Crippen LogP contribution in [0.2, 0.25) is 0 Å². The summed E-state index contributed by atoms with van der Waals surface area (Å²) in [5, 5.41) is 2.91. The zero-order valence-electron chi connectivity index (χ0n) is 14.2. The van der Waals surface area contributed by atoms with Crippen molar-refractivity contribution in [1.82, 2.24) is 5.32 Å². The Morgan fingerprint density at radius 1 is 1.04 bits per heavy atom. The Balaban J connectivity index is 1.80. The average Bonchev–Trinajstić information content (AvgIpc) is 2.62. The summed E-state index contributed by atoms with van der Waals surface area (Å²) in [5.41, 5.74) is 1.92. The minimum atomic E-state index is -0.165. The normalized spacial score (nSPS) is 11.6. The van der Waals surface area contributed by atoms with E-state index in [1.807, 2.05) is 55.5 Å². The Labute approximate surface area is 142 Å². The lowest BCUT2D eigenvalue weighted by molar-refractivity contribution is -0.126. The van der Waals surface area contributed by atoms with Gasteiger partial charge in [0.15, 0.2) is 0 Å². The molecular formula is C19H23NO4. The first-order valence-electron chi connectivity index (χ1n) is 7.77. The molecule has 0 saturated carbocycles. The number of hydrogen-bond acceptors (Lipinski definition) is 4. The zero-order chi connectivity index (χ0) is 17.4. The Kier molecular flexibility index (Phi) is 6.63. The zero-order valence-corrected chi connectivity index (χ0v) is 14.2. The van der Waals surface area contributed by atoms with Crippen molar-refractivity contribution < 1.29 is 19.0 Å². The lowest BCUT2D eigenvalue weighted by Gasteiger charge is -2.17. The Hall–Kier alpha value is -2.53. The topological polar surface area (TPSA) is 56.8 Å². The highest BCUT2D eigenvalue weighted by Gasteiger charge is 2.13. The number of amides is 1. The molecule has 0 heterocycles. The van der Waals surface area contributed by atoms with E-state index in [0.717, 1.165) is 22.6 Å². The van der Waals surface area contributed by atoms with Crippen LogP contribution in [-0.2, 0) is 16.1 Å². The van der Waals surface area contributed by atoms with E-state index in [1.54, 1.807) is 14.2 Å². The maximum Gasteiger partial charge on any atom is 0.246 e. The first-order chi connectivity index (χ1) is 11.6. The van der Waals surface area contributed by atoms with Crippen LogP contribution in [-0.4, -0.2) is 26.7 Å². The number of nitrogens with one attached hydrogen (secondary N) is 1. The van der Waals surface area contributed by atoms with Gasteiger partial charge in [-0.1, -0.05) is 30.3 Å². The SMILES string of the molecule is COc1ccc(COCC(=O)NC(C)c2ccccc2OC)cc1. The van der Waals surface area contributed by atoms with Crippen molar-refractivity contribution in [3.63, 3.8) is 0 Å². The third-order valence-electron chi connectivity index (χ3n) is 3.64. The molecule has 0 aliphatic carbocycles. The fourth-order valence-electron chi connectivity index (χ4n) is 2.37. The number of rotatable bonds is 8. The van der Waals surface area contributed by atoms with Gasteiger partial charge >= 0.3 is 0 Å².